The maximum Gasteiger partial charge on any atom is 0.175 e. The van der Waals surface area contributed by atoms with E-state index in [0.29, 0.717) is 12.1 Å². The van der Waals surface area contributed by atoms with Crippen molar-refractivity contribution in [2.45, 2.75) is 65.1 Å². The molecular formula is C14H22N3O2-. The number of nitrogens with one attached hydrogen (secondary N) is 1. The highest BCUT2D eigenvalue weighted by Crippen LogP contribution is 2.37. The number of allylic oxidation sites excluding steroid dienone is 1. The van der Waals surface area contributed by atoms with E-state index in [-0.39, 0.29) is 11.4 Å². The first-order valence-electron chi connectivity index (χ1n) is 6.62. The number of hydroxylamine groups is 2. The van der Waals surface area contributed by atoms with E-state index in [9.17, 15) is 15.3 Å². The normalized spacial score (nSPS) is 23.6. The Balaban J connectivity index is 3.20. The molecule has 106 valence electrons. The Kier molecular flexibility index (Phi) is 4.39. The molecule has 0 aromatic carbocycles. The summed E-state index contributed by atoms with van der Waals surface area (Å²) in [6, 6.07) is 1.97. The monoisotopic (exact) mass is 264 g/mol. The molecule has 5 heteroatoms. The highest BCUT2D eigenvalue weighted by molar-refractivity contribution is 6.00. The van der Waals surface area contributed by atoms with Crippen molar-refractivity contribution in [2.24, 2.45) is 0 Å². The minimum Gasteiger partial charge on any atom is -0.783 e. The van der Waals surface area contributed by atoms with Crippen molar-refractivity contribution < 1.29 is 4.79 Å². The van der Waals surface area contributed by atoms with Crippen LogP contribution in [0.2, 0.25) is 0 Å². The lowest BCUT2D eigenvalue weighted by Crippen LogP contribution is -2.47. The molecule has 1 aliphatic rings. The van der Waals surface area contributed by atoms with Gasteiger partial charge in [0.1, 0.15) is 11.6 Å². The van der Waals surface area contributed by atoms with E-state index in [0.717, 1.165) is 17.9 Å². The Morgan fingerprint density at radius 1 is 1.42 bits per heavy atom. The third-order valence-corrected chi connectivity index (χ3v) is 3.46. The smallest absolute Gasteiger partial charge is 0.175 e. The third kappa shape index (κ3) is 2.80. The summed E-state index contributed by atoms with van der Waals surface area (Å²) < 4.78 is 0. The van der Waals surface area contributed by atoms with Gasteiger partial charge in [0.2, 0.25) is 0 Å². The summed E-state index contributed by atoms with van der Waals surface area (Å²) in [5.74, 6) is -0.189. The summed E-state index contributed by atoms with van der Waals surface area (Å²) in [5.41, 5.74) is -1.18. The Labute approximate surface area is 114 Å². The van der Waals surface area contributed by atoms with Crippen LogP contribution in [0.5, 0.6) is 0 Å². The Bertz CT molecular complexity index is 444. The van der Waals surface area contributed by atoms with E-state index in [4.69, 9.17) is 0 Å². The quantitative estimate of drug-likeness (QED) is 0.623. The zero-order valence-electron chi connectivity index (χ0n) is 12.3. The molecule has 0 unspecified atom stereocenters. The fourth-order valence-corrected chi connectivity index (χ4v) is 2.40. The fraction of sp³-hybridized carbons (Fsp3) is 0.714. The molecule has 5 nitrogen and oxygen atoms in total. The number of hydrogen-bond acceptors (Lipinski definition) is 5. The van der Waals surface area contributed by atoms with Crippen LogP contribution in [-0.4, -0.2) is 22.0 Å². The van der Waals surface area contributed by atoms with E-state index in [1.54, 1.807) is 27.7 Å². The number of nitriles is 1. The minimum atomic E-state index is -0.892. The van der Waals surface area contributed by atoms with Gasteiger partial charge in [-0.05, 0) is 34.1 Å². The summed E-state index contributed by atoms with van der Waals surface area (Å²) in [7, 11) is 0. The lowest BCUT2D eigenvalue weighted by atomic mass is 9.94. The van der Waals surface area contributed by atoms with E-state index < -0.39 is 11.2 Å². The number of nitrogens with zero attached hydrogens (tertiary/aromatic N) is 2. The van der Waals surface area contributed by atoms with Crippen molar-refractivity contribution in [3.8, 4) is 6.07 Å². The molecule has 0 spiro atoms. The van der Waals surface area contributed by atoms with Gasteiger partial charge in [0.15, 0.2) is 5.78 Å². The molecule has 1 heterocycles. The Morgan fingerprint density at radius 3 is 2.37 bits per heavy atom. The van der Waals surface area contributed by atoms with E-state index in [1.165, 1.54) is 0 Å². The van der Waals surface area contributed by atoms with Gasteiger partial charge >= 0.3 is 0 Å². The molecule has 1 aliphatic heterocycles. The molecule has 1 rings (SSSR count). The molecule has 0 atom stereocenters. The lowest BCUT2D eigenvalue weighted by molar-refractivity contribution is -0.115. The first-order chi connectivity index (χ1) is 8.68. The predicted molar refractivity (Wildman–Crippen MR) is 73.7 cm³/mol. The largest absolute Gasteiger partial charge is 0.783 e. The van der Waals surface area contributed by atoms with Crippen LogP contribution in [0, 0.1) is 16.5 Å². The molecule has 0 amide bonds. The number of hydrogen-bond donors (Lipinski definition) is 1. The standard InChI is InChI=1S/C14H22N3O2/c1-6-7-8-11(18)10(9-15)12-13(2,3)17(19)14(4,5)16-12/h16H,6-8H2,1-5H3/q-1/b12-10+. The molecule has 0 aromatic rings. The summed E-state index contributed by atoms with van der Waals surface area (Å²) >= 11 is 0. The maximum atomic E-state index is 12.2. The van der Waals surface area contributed by atoms with Crippen molar-refractivity contribution in [3.05, 3.63) is 16.5 Å². The first kappa shape index (κ1) is 15.7. The number of Topliss-reactive ketones (excluding diaryl/α,β-unsaturated/α-hetero) is 1. The van der Waals surface area contributed by atoms with Crippen LogP contribution in [0.1, 0.15) is 53.9 Å². The second-order valence-electron chi connectivity index (χ2n) is 5.93. The number of carbonyl (C=O) groups excluding carboxylic acids is 1. The van der Waals surface area contributed by atoms with Gasteiger partial charge in [-0.1, -0.05) is 13.3 Å². The minimum absolute atomic E-state index is 0.0878. The molecule has 0 aliphatic carbocycles. The molecule has 1 saturated heterocycles. The zero-order valence-corrected chi connectivity index (χ0v) is 12.3. The molecule has 1 fully saturated rings. The first-order valence-corrected chi connectivity index (χ1v) is 6.62. The Morgan fingerprint density at radius 2 is 2.00 bits per heavy atom. The maximum absolute atomic E-state index is 12.2. The van der Waals surface area contributed by atoms with E-state index in [2.05, 4.69) is 5.32 Å². The van der Waals surface area contributed by atoms with Crippen LogP contribution < -0.4 is 5.32 Å². The molecule has 0 saturated carbocycles. The van der Waals surface area contributed by atoms with Crippen molar-refractivity contribution in [1.29, 1.82) is 5.26 Å². The van der Waals surface area contributed by atoms with Crippen LogP contribution in [0.4, 0.5) is 0 Å². The van der Waals surface area contributed by atoms with Gasteiger partial charge in [0.25, 0.3) is 0 Å². The number of carbonyl (C=O) groups is 1. The summed E-state index contributed by atoms with van der Waals surface area (Å²) in [5, 5.41) is 25.4. The van der Waals surface area contributed by atoms with Gasteiger partial charge in [0, 0.05) is 12.0 Å². The van der Waals surface area contributed by atoms with Gasteiger partial charge in [-0.2, -0.15) is 5.26 Å². The highest BCUT2D eigenvalue weighted by atomic mass is 16.5. The third-order valence-electron chi connectivity index (χ3n) is 3.46. The van der Waals surface area contributed by atoms with Crippen LogP contribution in [0.25, 0.3) is 0 Å². The predicted octanol–water partition coefficient (Wildman–Crippen LogP) is 2.44. The number of rotatable bonds is 4. The summed E-state index contributed by atoms with van der Waals surface area (Å²) in [4.78, 5) is 12.1. The van der Waals surface area contributed by atoms with Crippen molar-refractivity contribution in [3.63, 3.8) is 0 Å². The van der Waals surface area contributed by atoms with Crippen molar-refractivity contribution in [2.75, 3.05) is 0 Å². The van der Waals surface area contributed by atoms with Crippen molar-refractivity contribution in [1.82, 2.24) is 10.4 Å². The average Bonchev–Trinajstić information content (AvgIpc) is 2.49. The fourth-order valence-electron chi connectivity index (χ4n) is 2.40. The second-order valence-corrected chi connectivity index (χ2v) is 5.93. The average molecular weight is 264 g/mol. The molecule has 0 aromatic heterocycles. The molecule has 19 heavy (non-hydrogen) atoms. The zero-order chi connectivity index (χ0) is 14.8. The van der Waals surface area contributed by atoms with Crippen molar-refractivity contribution >= 4 is 5.78 Å². The van der Waals surface area contributed by atoms with E-state index >= 15 is 0 Å². The number of ketones is 1. The van der Waals surface area contributed by atoms with E-state index in [1.807, 2.05) is 13.0 Å². The molecular weight excluding hydrogens is 242 g/mol. The lowest BCUT2D eigenvalue weighted by Gasteiger charge is -2.44. The Hall–Kier alpha value is -1.38. The molecule has 1 N–H and O–H groups in total. The van der Waals surface area contributed by atoms with Gasteiger partial charge in [-0.3, -0.25) is 4.79 Å². The van der Waals surface area contributed by atoms with Gasteiger partial charge in [-0.15, -0.1) is 0 Å². The second kappa shape index (κ2) is 5.32. The topological polar surface area (TPSA) is 79.2 Å². The SMILES string of the molecule is CCCCC(=O)/C(C#N)=C1/NC(C)(C)N([O-])C1(C)C. The van der Waals surface area contributed by atoms with Crippen LogP contribution in [-0.2, 0) is 4.79 Å². The molecule has 0 radical (unpaired) electrons. The number of unbranched alkanes of at least 4 members (excludes halogenated alkanes) is 1. The van der Waals surface area contributed by atoms with Gasteiger partial charge in [0.05, 0.1) is 11.4 Å². The van der Waals surface area contributed by atoms with Gasteiger partial charge < -0.3 is 15.6 Å². The van der Waals surface area contributed by atoms with Crippen LogP contribution >= 0.6 is 0 Å². The highest BCUT2D eigenvalue weighted by Gasteiger charge is 2.44. The van der Waals surface area contributed by atoms with Crippen LogP contribution in [0.3, 0.4) is 0 Å². The molecule has 0 bridgehead atoms. The van der Waals surface area contributed by atoms with Crippen LogP contribution in [0.15, 0.2) is 11.3 Å². The summed E-state index contributed by atoms with van der Waals surface area (Å²) in [6.45, 7) is 8.91. The van der Waals surface area contributed by atoms with Gasteiger partial charge in [-0.25, -0.2) is 0 Å². The summed E-state index contributed by atoms with van der Waals surface area (Å²) in [6.07, 6.45) is 2.00.